The molecule has 0 N–H and O–H groups in total. The fourth-order valence-electron chi connectivity index (χ4n) is 2.80. The predicted molar refractivity (Wildman–Crippen MR) is 114 cm³/mol. The van der Waals surface area contributed by atoms with Crippen LogP contribution >= 0.6 is 0 Å². The van der Waals surface area contributed by atoms with Gasteiger partial charge in [-0.15, -0.1) is 0 Å². The van der Waals surface area contributed by atoms with Crippen molar-refractivity contribution in [1.29, 1.82) is 0 Å². The second-order valence-electron chi connectivity index (χ2n) is 7.97. The van der Waals surface area contributed by atoms with E-state index < -0.39 is 5.97 Å². The largest absolute Gasteiger partial charge is 0.482 e. The smallest absolute Gasteiger partial charge is 0.344 e. The second-order valence-corrected chi connectivity index (χ2v) is 7.97. The average molecular weight is 410 g/mol. The number of carbonyl (C=O) groups excluding carboxylic acids is 1. The minimum absolute atomic E-state index is 0.0347. The van der Waals surface area contributed by atoms with E-state index in [2.05, 4.69) is 20.8 Å². The van der Waals surface area contributed by atoms with Gasteiger partial charge in [-0.25, -0.2) is 4.79 Å². The number of esters is 1. The molecule has 0 fully saturated rings. The normalized spacial score (nSPS) is 11.3. The average Bonchev–Trinajstić information content (AvgIpc) is 2.72. The zero-order chi connectivity index (χ0) is 21.7. The zero-order valence-corrected chi connectivity index (χ0v) is 17.7. The summed E-state index contributed by atoms with van der Waals surface area (Å²) in [4.78, 5) is 24.3. The maximum atomic E-state index is 12.8. The van der Waals surface area contributed by atoms with E-state index >= 15 is 0 Å². The van der Waals surface area contributed by atoms with Gasteiger partial charge in [0.15, 0.2) is 6.61 Å². The van der Waals surface area contributed by atoms with Crippen molar-refractivity contribution in [3.8, 4) is 17.2 Å². The minimum Gasteiger partial charge on any atom is -0.482 e. The molecule has 158 valence electrons. The molecule has 0 spiro atoms. The van der Waals surface area contributed by atoms with Crippen molar-refractivity contribution >= 4 is 16.9 Å². The number of hydrogen-bond donors (Lipinski definition) is 0. The lowest BCUT2D eigenvalue weighted by atomic mass is 9.87. The molecule has 0 bridgehead atoms. The Labute approximate surface area is 175 Å². The van der Waals surface area contributed by atoms with E-state index in [0.29, 0.717) is 29.1 Å². The molecule has 0 radical (unpaired) electrons. The van der Waals surface area contributed by atoms with Crippen molar-refractivity contribution in [2.45, 2.75) is 39.5 Å². The van der Waals surface area contributed by atoms with Crippen LogP contribution in [0.15, 0.2) is 57.9 Å². The first kappa shape index (κ1) is 21.4. The van der Waals surface area contributed by atoms with Gasteiger partial charge in [0.2, 0.25) is 11.2 Å². The van der Waals surface area contributed by atoms with Gasteiger partial charge in [-0.1, -0.05) is 39.8 Å². The van der Waals surface area contributed by atoms with Crippen molar-refractivity contribution in [1.82, 2.24) is 0 Å². The molecule has 0 saturated carbocycles. The first-order valence-electron chi connectivity index (χ1n) is 9.90. The maximum Gasteiger partial charge on any atom is 0.344 e. The second kappa shape index (κ2) is 9.03. The van der Waals surface area contributed by atoms with Gasteiger partial charge in [-0.05, 0) is 41.7 Å². The highest BCUT2D eigenvalue weighted by molar-refractivity contribution is 5.79. The number of hydrogen-bond acceptors (Lipinski definition) is 6. The van der Waals surface area contributed by atoms with Crippen LogP contribution in [-0.2, 0) is 14.9 Å². The first-order valence-corrected chi connectivity index (χ1v) is 9.90. The molecule has 1 heterocycles. The van der Waals surface area contributed by atoms with E-state index in [1.54, 1.807) is 18.2 Å². The number of ether oxygens (including phenoxy) is 3. The molecule has 0 unspecified atom stereocenters. The fraction of sp³-hybridized carbons (Fsp3) is 0.333. The molecular formula is C24H26O6. The van der Waals surface area contributed by atoms with Crippen molar-refractivity contribution in [2.75, 3.05) is 13.2 Å². The summed E-state index contributed by atoms with van der Waals surface area (Å²) >= 11 is 0. The van der Waals surface area contributed by atoms with Crippen LogP contribution in [0.5, 0.6) is 17.2 Å². The Balaban J connectivity index is 1.74. The van der Waals surface area contributed by atoms with Crippen LogP contribution in [0.25, 0.3) is 11.0 Å². The fourth-order valence-corrected chi connectivity index (χ4v) is 2.80. The van der Waals surface area contributed by atoms with Crippen LogP contribution in [0.1, 0.15) is 39.7 Å². The summed E-state index contributed by atoms with van der Waals surface area (Å²) in [6.45, 7) is 8.46. The molecule has 3 rings (SSSR count). The molecule has 2 aromatic carbocycles. The van der Waals surface area contributed by atoms with Gasteiger partial charge in [0.25, 0.3) is 0 Å². The van der Waals surface area contributed by atoms with Crippen LogP contribution in [0.3, 0.4) is 0 Å². The number of fused-ring (bicyclic) bond motifs is 1. The van der Waals surface area contributed by atoms with Gasteiger partial charge in [-0.3, -0.25) is 4.79 Å². The Morgan fingerprint density at radius 2 is 1.73 bits per heavy atom. The SMILES string of the molecule is CCCOC(=O)COc1ccc2c(=O)c(Oc3ccc(C(C)(C)C)cc3)coc2c1. The van der Waals surface area contributed by atoms with Crippen LogP contribution < -0.4 is 14.9 Å². The summed E-state index contributed by atoms with van der Waals surface area (Å²) in [7, 11) is 0. The third-order valence-electron chi connectivity index (χ3n) is 4.49. The first-order chi connectivity index (χ1) is 14.3. The van der Waals surface area contributed by atoms with Crippen molar-refractivity contribution in [3.63, 3.8) is 0 Å². The molecule has 30 heavy (non-hydrogen) atoms. The lowest BCUT2D eigenvalue weighted by Gasteiger charge is -2.19. The van der Waals surface area contributed by atoms with Gasteiger partial charge in [0, 0.05) is 6.07 Å². The Kier molecular flexibility index (Phi) is 6.45. The highest BCUT2D eigenvalue weighted by Gasteiger charge is 2.14. The molecule has 0 saturated heterocycles. The highest BCUT2D eigenvalue weighted by Crippen LogP contribution is 2.27. The lowest BCUT2D eigenvalue weighted by molar-refractivity contribution is -0.146. The van der Waals surface area contributed by atoms with Gasteiger partial charge in [0.1, 0.15) is 23.3 Å². The number of carbonyl (C=O) groups is 1. The third kappa shape index (κ3) is 5.20. The molecule has 6 heteroatoms. The van der Waals surface area contributed by atoms with E-state index in [9.17, 15) is 9.59 Å². The summed E-state index contributed by atoms with van der Waals surface area (Å²) in [5, 5.41) is 0.361. The molecule has 0 aliphatic carbocycles. The van der Waals surface area contributed by atoms with Crippen molar-refractivity contribution < 1.29 is 23.4 Å². The van der Waals surface area contributed by atoms with E-state index in [4.69, 9.17) is 18.6 Å². The molecule has 0 aliphatic rings. The molecule has 0 atom stereocenters. The standard InChI is InChI=1S/C24H26O6/c1-5-12-27-22(25)15-28-18-10-11-19-20(13-18)29-14-21(23(19)26)30-17-8-6-16(7-9-17)24(2,3)4/h6-11,13-14H,5,12,15H2,1-4H3. The molecule has 0 aliphatic heterocycles. The summed E-state index contributed by atoms with van der Waals surface area (Å²) in [5.41, 5.74) is 1.26. The van der Waals surface area contributed by atoms with Gasteiger partial charge >= 0.3 is 5.97 Å². The Morgan fingerprint density at radius 1 is 1.03 bits per heavy atom. The topological polar surface area (TPSA) is 75.0 Å². The van der Waals surface area contributed by atoms with Crippen LogP contribution in [0, 0.1) is 0 Å². The minimum atomic E-state index is -0.445. The van der Waals surface area contributed by atoms with Gasteiger partial charge in [-0.2, -0.15) is 0 Å². The molecule has 1 aromatic heterocycles. The number of rotatable bonds is 7. The Hall–Kier alpha value is -3.28. The maximum absolute atomic E-state index is 12.8. The van der Waals surface area contributed by atoms with Crippen LogP contribution in [-0.4, -0.2) is 19.2 Å². The Bertz CT molecular complexity index is 1070. The van der Waals surface area contributed by atoms with Crippen LogP contribution in [0.2, 0.25) is 0 Å². The summed E-state index contributed by atoms with van der Waals surface area (Å²) in [6.07, 6.45) is 2.03. The van der Waals surface area contributed by atoms with Crippen LogP contribution in [0.4, 0.5) is 0 Å². The Morgan fingerprint density at radius 3 is 2.40 bits per heavy atom. The van der Waals surface area contributed by atoms with E-state index in [0.717, 1.165) is 6.42 Å². The van der Waals surface area contributed by atoms with Gasteiger partial charge in [0.05, 0.1) is 12.0 Å². The van der Waals surface area contributed by atoms with Gasteiger partial charge < -0.3 is 18.6 Å². The summed E-state index contributed by atoms with van der Waals surface area (Å²) < 4.78 is 21.7. The van der Waals surface area contributed by atoms with E-state index in [1.807, 2.05) is 31.2 Å². The van der Waals surface area contributed by atoms with E-state index in [1.165, 1.54) is 11.8 Å². The molecular weight excluding hydrogens is 384 g/mol. The van der Waals surface area contributed by atoms with E-state index in [-0.39, 0.29) is 23.2 Å². The van der Waals surface area contributed by atoms with Crippen molar-refractivity contribution in [2.24, 2.45) is 0 Å². The molecule has 6 nitrogen and oxygen atoms in total. The summed E-state index contributed by atoms with van der Waals surface area (Å²) in [5.74, 6) is 0.619. The monoisotopic (exact) mass is 410 g/mol. The lowest BCUT2D eigenvalue weighted by Crippen LogP contribution is -2.15. The quantitative estimate of drug-likeness (QED) is 0.498. The molecule has 0 amide bonds. The highest BCUT2D eigenvalue weighted by atomic mass is 16.6. The summed E-state index contributed by atoms with van der Waals surface area (Å²) in [6, 6.07) is 12.4. The molecule has 3 aromatic rings. The zero-order valence-electron chi connectivity index (χ0n) is 17.7. The third-order valence-corrected chi connectivity index (χ3v) is 4.49. The number of benzene rings is 2. The van der Waals surface area contributed by atoms with Crippen molar-refractivity contribution in [3.05, 3.63) is 64.5 Å². The predicted octanol–water partition coefficient (Wildman–Crippen LogP) is 5.21.